The summed E-state index contributed by atoms with van der Waals surface area (Å²) in [4.78, 5) is 15.4. The molecule has 6 heteroatoms. The molecule has 1 aromatic carbocycles. The van der Waals surface area contributed by atoms with Crippen molar-refractivity contribution in [1.82, 2.24) is 4.98 Å². The number of nitrogens with one attached hydrogen (secondary N) is 1. The number of aromatic nitrogens is 1. The number of esters is 1. The molecule has 1 N–H and O–H groups in total. The van der Waals surface area contributed by atoms with Crippen molar-refractivity contribution in [3.05, 3.63) is 48.2 Å². The summed E-state index contributed by atoms with van der Waals surface area (Å²) < 4.78 is 15.4. The van der Waals surface area contributed by atoms with Gasteiger partial charge in [0.2, 0.25) is 0 Å². The number of methoxy groups -OCH3 is 2. The molecule has 6 nitrogen and oxygen atoms in total. The molecule has 2 aromatic rings. The first-order valence-corrected chi connectivity index (χ1v) is 8.73. The van der Waals surface area contributed by atoms with Crippen molar-refractivity contribution in [2.75, 3.05) is 26.1 Å². The average Bonchev–Trinajstić information content (AvgIpc) is 2.70. The van der Waals surface area contributed by atoms with Gasteiger partial charge in [0, 0.05) is 13.0 Å². The Morgan fingerprint density at radius 3 is 2.42 bits per heavy atom. The zero-order valence-electron chi connectivity index (χ0n) is 15.4. The summed E-state index contributed by atoms with van der Waals surface area (Å²) in [6.45, 7) is 1.30. The van der Waals surface area contributed by atoms with E-state index in [0.717, 1.165) is 42.1 Å². The van der Waals surface area contributed by atoms with E-state index in [4.69, 9.17) is 9.47 Å². The summed E-state index contributed by atoms with van der Waals surface area (Å²) in [6, 6.07) is 11.7. The van der Waals surface area contributed by atoms with Gasteiger partial charge in [-0.1, -0.05) is 12.1 Å². The summed E-state index contributed by atoms with van der Waals surface area (Å²) in [5.74, 6) is 2.23. The molecular formula is C20H26N2O4. The summed E-state index contributed by atoms with van der Waals surface area (Å²) in [5.41, 5.74) is 1.15. The van der Waals surface area contributed by atoms with E-state index >= 15 is 0 Å². The highest BCUT2D eigenvalue weighted by molar-refractivity contribution is 5.68. The van der Waals surface area contributed by atoms with E-state index in [2.05, 4.69) is 15.0 Å². The highest BCUT2D eigenvalue weighted by Crippen LogP contribution is 2.15. The second-order valence-corrected chi connectivity index (χ2v) is 5.82. The van der Waals surface area contributed by atoms with Gasteiger partial charge in [0.05, 0.1) is 27.0 Å². The molecule has 26 heavy (non-hydrogen) atoms. The van der Waals surface area contributed by atoms with Gasteiger partial charge in [-0.3, -0.25) is 4.79 Å². The van der Waals surface area contributed by atoms with Gasteiger partial charge in [0.15, 0.2) is 0 Å². The van der Waals surface area contributed by atoms with Crippen molar-refractivity contribution in [2.45, 2.75) is 32.2 Å². The van der Waals surface area contributed by atoms with E-state index in [0.29, 0.717) is 19.6 Å². The molecule has 1 heterocycles. The van der Waals surface area contributed by atoms with Crippen LogP contribution in [-0.4, -0.2) is 31.8 Å². The lowest BCUT2D eigenvalue weighted by molar-refractivity contribution is -0.140. The number of carbonyl (C=O) groups excluding carboxylic acids is 1. The highest BCUT2D eigenvalue weighted by Gasteiger charge is 2.01. The lowest BCUT2D eigenvalue weighted by Crippen LogP contribution is -2.03. The predicted octanol–water partition coefficient (Wildman–Crippen LogP) is 3.81. The Morgan fingerprint density at radius 2 is 1.77 bits per heavy atom. The number of anilines is 1. The van der Waals surface area contributed by atoms with Crippen molar-refractivity contribution in [2.24, 2.45) is 0 Å². The lowest BCUT2D eigenvalue weighted by Gasteiger charge is -2.09. The monoisotopic (exact) mass is 358 g/mol. The first-order valence-electron chi connectivity index (χ1n) is 8.73. The number of unbranched alkanes of at least 4 members (excludes halogenated alkanes) is 2. The summed E-state index contributed by atoms with van der Waals surface area (Å²) >= 11 is 0. The Bertz CT molecular complexity index is 657. The van der Waals surface area contributed by atoms with Crippen LogP contribution >= 0.6 is 0 Å². The maximum atomic E-state index is 11.0. The normalized spacial score (nSPS) is 10.2. The maximum absolute atomic E-state index is 11.0. The van der Waals surface area contributed by atoms with Gasteiger partial charge in [-0.05, 0) is 49.1 Å². The molecule has 0 aliphatic rings. The van der Waals surface area contributed by atoms with E-state index in [1.165, 1.54) is 7.11 Å². The van der Waals surface area contributed by atoms with Gasteiger partial charge >= 0.3 is 5.97 Å². The van der Waals surface area contributed by atoms with Gasteiger partial charge in [-0.15, -0.1) is 0 Å². The molecule has 0 saturated carbocycles. The number of hydrogen-bond acceptors (Lipinski definition) is 6. The summed E-state index contributed by atoms with van der Waals surface area (Å²) in [5, 5.41) is 3.27. The molecule has 0 spiro atoms. The van der Waals surface area contributed by atoms with Crippen LogP contribution in [0.2, 0.25) is 0 Å². The standard InChI is InChI=1S/C20H26N2O4/c1-24-17-9-7-16(8-10-17)14-21-19-12-11-18(15-22-19)26-13-5-3-4-6-20(23)25-2/h7-12,15H,3-6,13-14H2,1-2H3,(H,21,22). The third-order valence-electron chi connectivity index (χ3n) is 3.89. The molecule has 1 aromatic heterocycles. The van der Waals surface area contributed by atoms with Crippen LogP contribution in [-0.2, 0) is 16.1 Å². The topological polar surface area (TPSA) is 69.7 Å². The Kier molecular flexibility index (Phi) is 8.26. The Labute approximate surface area is 154 Å². The molecule has 0 atom stereocenters. The van der Waals surface area contributed by atoms with Crippen LogP contribution < -0.4 is 14.8 Å². The van der Waals surface area contributed by atoms with Gasteiger partial charge in [0.1, 0.15) is 17.3 Å². The predicted molar refractivity (Wildman–Crippen MR) is 101 cm³/mol. The van der Waals surface area contributed by atoms with Crippen LogP contribution in [0.15, 0.2) is 42.6 Å². The molecule has 0 fully saturated rings. The second kappa shape index (κ2) is 11.0. The van der Waals surface area contributed by atoms with Crippen LogP contribution in [0.3, 0.4) is 0 Å². The van der Waals surface area contributed by atoms with Crippen molar-refractivity contribution >= 4 is 11.8 Å². The fraction of sp³-hybridized carbons (Fsp3) is 0.400. The number of hydrogen-bond donors (Lipinski definition) is 1. The Morgan fingerprint density at radius 1 is 1.00 bits per heavy atom. The fourth-order valence-corrected chi connectivity index (χ4v) is 2.35. The SMILES string of the molecule is COC(=O)CCCCCOc1ccc(NCc2ccc(OC)cc2)nc1. The first-order chi connectivity index (χ1) is 12.7. The van der Waals surface area contributed by atoms with Gasteiger partial charge < -0.3 is 19.5 Å². The van der Waals surface area contributed by atoms with E-state index in [-0.39, 0.29) is 5.97 Å². The lowest BCUT2D eigenvalue weighted by atomic mass is 10.2. The molecule has 0 bridgehead atoms. The minimum absolute atomic E-state index is 0.159. The largest absolute Gasteiger partial charge is 0.497 e. The number of carbonyl (C=O) groups is 1. The van der Waals surface area contributed by atoms with Crippen molar-refractivity contribution in [3.8, 4) is 11.5 Å². The fourth-order valence-electron chi connectivity index (χ4n) is 2.35. The van der Waals surface area contributed by atoms with E-state index in [9.17, 15) is 4.79 Å². The average molecular weight is 358 g/mol. The van der Waals surface area contributed by atoms with Gasteiger partial charge in [-0.2, -0.15) is 0 Å². The molecule has 2 rings (SSSR count). The Hall–Kier alpha value is -2.76. The number of pyridine rings is 1. The summed E-state index contributed by atoms with van der Waals surface area (Å²) in [6.07, 6.45) is 4.83. The zero-order chi connectivity index (χ0) is 18.6. The summed E-state index contributed by atoms with van der Waals surface area (Å²) in [7, 11) is 3.07. The smallest absolute Gasteiger partial charge is 0.305 e. The Balaban J connectivity index is 1.65. The second-order valence-electron chi connectivity index (χ2n) is 5.82. The van der Waals surface area contributed by atoms with E-state index in [1.54, 1.807) is 13.3 Å². The van der Waals surface area contributed by atoms with Gasteiger partial charge in [0.25, 0.3) is 0 Å². The van der Waals surface area contributed by atoms with E-state index in [1.807, 2.05) is 36.4 Å². The van der Waals surface area contributed by atoms with Crippen LogP contribution in [0.5, 0.6) is 11.5 Å². The number of benzene rings is 1. The molecule has 0 radical (unpaired) electrons. The molecule has 0 unspecified atom stereocenters. The van der Waals surface area contributed by atoms with Crippen LogP contribution in [0, 0.1) is 0 Å². The first kappa shape index (κ1) is 19.6. The van der Waals surface area contributed by atoms with Crippen LogP contribution in [0.1, 0.15) is 31.2 Å². The third kappa shape index (κ3) is 7.01. The third-order valence-corrected chi connectivity index (χ3v) is 3.89. The molecule has 0 aliphatic carbocycles. The number of ether oxygens (including phenoxy) is 3. The van der Waals surface area contributed by atoms with Crippen molar-refractivity contribution < 1.29 is 19.0 Å². The molecule has 0 aliphatic heterocycles. The quantitative estimate of drug-likeness (QED) is 0.486. The highest BCUT2D eigenvalue weighted by atomic mass is 16.5. The number of rotatable bonds is 11. The minimum Gasteiger partial charge on any atom is -0.497 e. The maximum Gasteiger partial charge on any atom is 0.305 e. The van der Waals surface area contributed by atoms with Gasteiger partial charge in [-0.25, -0.2) is 4.98 Å². The minimum atomic E-state index is -0.159. The molecule has 140 valence electrons. The molecular weight excluding hydrogens is 332 g/mol. The molecule has 0 amide bonds. The van der Waals surface area contributed by atoms with Crippen LogP contribution in [0.4, 0.5) is 5.82 Å². The van der Waals surface area contributed by atoms with Crippen LogP contribution in [0.25, 0.3) is 0 Å². The zero-order valence-corrected chi connectivity index (χ0v) is 15.4. The van der Waals surface area contributed by atoms with Crippen molar-refractivity contribution in [3.63, 3.8) is 0 Å². The number of nitrogens with zero attached hydrogens (tertiary/aromatic N) is 1. The molecule has 0 saturated heterocycles. The van der Waals surface area contributed by atoms with E-state index < -0.39 is 0 Å². The van der Waals surface area contributed by atoms with Crippen molar-refractivity contribution in [1.29, 1.82) is 0 Å².